The van der Waals surface area contributed by atoms with Crippen LogP contribution in [0, 0.1) is 0 Å². The van der Waals surface area contributed by atoms with Crippen molar-refractivity contribution >= 4 is 40.4 Å². The summed E-state index contributed by atoms with van der Waals surface area (Å²) in [6, 6.07) is 6.51. The zero-order valence-electron chi connectivity index (χ0n) is 20.5. The second-order valence-electron chi connectivity index (χ2n) is 9.48. The van der Waals surface area contributed by atoms with E-state index < -0.39 is 0 Å². The van der Waals surface area contributed by atoms with Crippen molar-refractivity contribution in [2.45, 2.75) is 44.1 Å². The van der Waals surface area contributed by atoms with Gasteiger partial charge in [-0.2, -0.15) is 15.1 Å². The Bertz CT molecular complexity index is 1230. The van der Waals surface area contributed by atoms with E-state index in [1.165, 1.54) is 19.3 Å². The van der Waals surface area contributed by atoms with Crippen LogP contribution in [-0.4, -0.2) is 72.4 Å². The van der Waals surface area contributed by atoms with Crippen molar-refractivity contribution in [1.82, 2.24) is 20.2 Å². The van der Waals surface area contributed by atoms with E-state index in [-0.39, 0.29) is 5.92 Å². The van der Waals surface area contributed by atoms with E-state index in [9.17, 15) is 0 Å². The Hall–Kier alpha value is -3.60. The molecule has 1 atom stereocenters. The molecule has 3 aromatic rings. The van der Waals surface area contributed by atoms with Gasteiger partial charge in [0.2, 0.25) is 5.95 Å². The van der Waals surface area contributed by atoms with Crippen molar-refractivity contribution in [1.29, 1.82) is 0 Å². The van der Waals surface area contributed by atoms with E-state index in [1.54, 1.807) is 13.3 Å². The molecule has 0 amide bonds. The number of nitrogens with zero attached hydrogens (tertiary/aromatic N) is 5. The first-order chi connectivity index (χ1) is 17.8. The number of aromatic amines is 1. The summed E-state index contributed by atoms with van der Waals surface area (Å²) < 4.78 is 11.2. The minimum Gasteiger partial charge on any atom is -0.494 e. The first kappa shape index (κ1) is 22.8. The Labute approximate surface area is 209 Å². The normalized spacial score (nSPS) is 20.5. The molecule has 0 radical (unpaired) electrons. The van der Waals surface area contributed by atoms with Crippen LogP contribution in [0.4, 0.5) is 23.1 Å². The number of benzene rings is 1. The number of methoxy groups -OCH3 is 1. The molecular formula is C25H32N8O3. The maximum absolute atomic E-state index is 5.72. The van der Waals surface area contributed by atoms with E-state index in [0.717, 1.165) is 73.2 Å². The van der Waals surface area contributed by atoms with Gasteiger partial charge in [-0.15, -0.1) is 0 Å². The van der Waals surface area contributed by atoms with Crippen LogP contribution in [0.1, 0.15) is 43.7 Å². The molecule has 2 fully saturated rings. The minimum atomic E-state index is -0.00265. The van der Waals surface area contributed by atoms with Gasteiger partial charge in [0.25, 0.3) is 0 Å². The molecule has 1 aromatic carbocycles. The van der Waals surface area contributed by atoms with E-state index in [2.05, 4.69) is 37.0 Å². The summed E-state index contributed by atoms with van der Waals surface area (Å²) >= 11 is 0. The summed E-state index contributed by atoms with van der Waals surface area (Å²) in [6.45, 7) is 3.68. The lowest BCUT2D eigenvalue weighted by Crippen LogP contribution is -2.36. The van der Waals surface area contributed by atoms with Gasteiger partial charge in [-0.1, -0.05) is 24.4 Å². The number of oxime groups is 1. The fraction of sp³-hybridized carbons (Fsp3) is 0.520. The van der Waals surface area contributed by atoms with Gasteiger partial charge in [0.15, 0.2) is 5.65 Å². The number of hydrogen-bond donors (Lipinski definition) is 3. The number of H-pyrrole nitrogens is 1. The molecule has 11 nitrogen and oxygen atoms in total. The fourth-order valence-corrected chi connectivity index (χ4v) is 5.18. The molecule has 36 heavy (non-hydrogen) atoms. The molecule has 3 N–H and O–H groups in total. The number of anilines is 4. The van der Waals surface area contributed by atoms with Gasteiger partial charge in [-0.3, -0.25) is 5.10 Å². The SMILES string of the molecule is COc1cc(N2CCOCC2)ccc1Nc1nc(NC2CCCCC2)c2c(C3C=NOC3)[nH]nc2n1. The number of fused-ring (bicyclic) bond motifs is 1. The molecular weight excluding hydrogens is 460 g/mol. The molecule has 1 saturated heterocycles. The van der Waals surface area contributed by atoms with Crippen molar-refractivity contribution in [2.24, 2.45) is 5.16 Å². The van der Waals surface area contributed by atoms with Crippen LogP contribution >= 0.6 is 0 Å². The van der Waals surface area contributed by atoms with Gasteiger partial charge < -0.3 is 29.8 Å². The number of hydrogen-bond acceptors (Lipinski definition) is 10. The van der Waals surface area contributed by atoms with Crippen molar-refractivity contribution < 1.29 is 14.3 Å². The van der Waals surface area contributed by atoms with Crippen LogP contribution in [-0.2, 0) is 9.57 Å². The highest BCUT2D eigenvalue weighted by atomic mass is 16.6. The summed E-state index contributed by atoms with van der Waals surface area (Å²) in [4.78, 5) is 17.2. The fourth-order valence-electron chi connectivity index (χ4n) is 5.18. The lowest BCUT2D eigenvalue weighted by molar-refractivity contribution is 0.122. The summed E-state index contributed by atoms with van der Waals surface area (Å²) in [5.41, 5.74) is 3.42. The number of nitrogens with one attached hydrogen (secondary N) is 3. The first-order valence-corrected chi connectivity index (χ1v) is 12.7. The number of rotatable bonds is 7. The van der Waals surface area contributed by atoms with Gasteiger partial charge in [0.1, 0.15) is 18.2 Å². The Balaban J connectivity index is 1.33. The smallest absolute Gasteiger partial charge is 0.231 e. The van der Waals surface area contributed by atoms with Crippen LogP contribution in [0.25, 0.3) is 11.0 Å². The first-order valence-electron chi connectivity index (χ1n) is 12.7. The molecule has 4 heterocycles. The van der Waals surface area contributed by atoms with Gasteiger partial charge in [0, 0.05) is 30.9 Å². The monoisotopic (exact) mass is 492 g/mol. The van der Waals surface area contributed by atoms with Crippen LogP contribution in [0.5, 0.6) is 5.75 Å². The molecule has 1 unspecified atom stereocenters. The largest absolute Gasteiger partial charge is 0.494 e. The van der Waals surface area contributed by atoms with Gasteiger partial charge in [-0.05, 0) is 25.0 Å². The molecule has 2 aliphatic heterocycles. The molecule has 11 heteroatoms. The summed E-state index contributed by atoms with van der Waals surface area (Å²) in [5, 5.41) is 19.6. The van der Waals surface area contributed by atoms with Gasteiger partial charge in [0.05, 0.1) is 49.2 Å². The second kappa shape index (κ2) is 10.2. The number of aromatic nitrogens is 4. The van der Waals surface area contributed by atoms with E-state index in [4.69, 9.17) is 24.3 Å². The highest BCUT2D eigenvalue weighted by Gasteiger charge is 2.26. The van der Waals surface area contributed by atoms with E-state index in [0.29, 0.717) is 24.2 Å². The standard InChI is InChI=1S/C25H32N8O3/c1-34-20-13-18(33-9-11-35-12-10-33)7-8-19(20)28-25-29-23(27-17-5-3-2-4-6-17)21-22(16-14-26-36-15-16)31-32-24(21)30-25/h7-8,13-14,16-17H,2-6,9-12,15H2,1H3,(H3,27,28,29,30,31,32). The molecule has 6 rings (SSSR count). The Morgan fingerprint density at radius 1 is 1.11 bits per heavy atom. The quantitative estimate of drug-likeness (QED) is 0.452. The van der Waals surface area contributed by atoms with E-state index in [1.807, 2.05) is 12.1 Å². The summed E-state index contributed by atoms with van der Waals surface area (Å²) in [7, 11) is 1.68. The second-order valence-corrected chi connectivity index (χ2v) is 9.48. The predicted molar refractivity (Wildman–Crippen MR) is 139 cm³/mol. The minimum absolute atomic E-state index is 0.00265. The van der Waals surface area contributed by atoms with Gasteiger partial charge in [-0.25, -0.2) is 0 Å². The molecule has 0 bridgehead atoms. The van der Waals surface area contributed by atoms with Gasteiger partial charge >= 0.3 is 0 Å². The highest BCUT2D eigenvalue weighted by Crippen LogP contribution is 2.35. The molecule has 2 aromatic heterocycles. The topological polar surface area (TPSA) is 122 Å². The predicted octanol–water partition coefficient (Wildman–Crippen LogP) is 3.79. The molecule has 0 spiro atoms. The lowest BCUT2D eigenvalue weighted by atomic mass is 9.95. The maximum Gasteiger partial charge on any atom is 0.231 e. The average Bonchev–Trinajstić information content (AvgIpc) is 3.60. The molecule has 190 valence electrons. The van der Waals surface area contributed by atoms with Crippen LogP contribution in [0.15, 0.2) is 23.4 Å². The maximum atomic E-state index is 5.72. The summed E-state index contributed by atoms with van der Waals surface area (Å²) in [5.74, 6) is 1.97. The van der Waals surface area contributed by atoms with Crippen molar-refractivity contribution in [3.05, 3.63) is 23.9 Å². The third kappa shape index (κ3) is 4.62. The number of morpholine rings is 1. The third-order valence-electron chi connectivity index (χ3n) is 7.14. The molecule has 1 aliphatic carbocycles. The summed E-state index contributed by atoms with van der Waals surface area (Å²) in [6.07, 6.45) is 7.80. The van der Waals surface area contributed by atoms with Crippen molar-refractivity contribution in [3.8, 4) is 5.75 Å². The molecule has 3 aliphatic rings. The molecule has 1 saturated carbocycles. The average molecular weight is 493 g/mol. The third-order valence-corrected chi connectivity index (χ3v) is 7.14. The van der Waals surface area contributed by atoms with Crippen molar-refractivity contribution in [3.63, 3.8) is 0 Å². The van der Waals surface area contributed by atoms with Crippen LogP contribution in [0.2, 0.25) is 0 Å². The van der Waals surface area contributed by atoms with Crippen LogP contribution < -0.4 is 20.3 Å². The zero-order valence-corrected chi connectivity index (χ0v) is 20.5. The Kier molecular flexibility index (Phi) is 6.46. The lowest BCUT2D eigenvalue weighted by Gasteiger charge is -2.29. The zero-order chi connectivity index (χ0) is 24.3. The van der Waals surface area contributed by atoms with E-state index >= 15 is 0 Å². The van der Waals surface area contributed by atoms with Crippen molar-refractivity contribution in [2.75, 3.05) is 55.6 Å². The Morgan fingerprint density at radius 2 is 1.97 bits per heavy atom. The number of ether oxygens (including phenoxy) is 2. The highest BCUT2D eigenvalue weighted by molar-refractivity contribution is 5.93. The van der Waals surface area contributed by atoms with Crippen LogP contribution in [0.3, 0.4) is 0 Å². The Morgan fingerprint density at radius 3 is 2.75 bits per heavy atom.